The van der Waals surface area contributed by atoms with Gasteiger partial charge in [-0.05, 0) is 19.4 Å². The quantitative estimate of drug-likeness (QED) is 0.663. The van der Waals surface area contributed by atoms with Gasteiger partial charge in [0, 0.05) is 5.03 Å². The van der Waals surface area contributed by atoms with Crippen molar-refractivity contribution in [3.63, 3.8) is 0 Å². The van der Waals surface area contributed by atoms with Crippen LogP contribution in [-0.2, 0) is 0 Å². The van der Waals surface area contributed by atoms with Crippen molar-refractivity contribution < 1.29 is 0 Å². The van der Waals surface area contributed by atoms with Crippen LogP contribution in [0.3, 0.4) is 0 Å². The molecule has 1 nitrogen and oxygen atoms in total. The lowest BCUT2D eigenvalue weighted by Gasteiger charge is -1.89. The Morgan fingerprint density at radius 3 is 2.25 bits per heavy atom. The van der Waals surface area contributed by atoms with Crippen molar-refractivity contribution >= 4 is 24.0 Å². The first kappa shape index (κ1) is 11.1. The van der Waals surface area contributed by atoms with Crippen LogP contribution in [0.1, 0.15) is 12.8 Å². The van der Waals surface area contributed by atoms with Gasteiger partial charge in [-0.15, -0.1) is 12.4 Å². The maximum absolute atomic E-state index is 5.41. The highest BCUT2D eigenvalue weighted by molar-refractivity contribution is 6.29. The Labute approximate surface area is 61.3 Å². The molecule has 0 radical (unpaired) electrons. The molecule has 50 valence electrons. The van der Waals surface area contributed by atoms with E-state index >= 15 is 0 Å². The number of allylic oxidation sites excluding steroid dienone is 1. The SMILES string of the molecule is C=C(Cl)CCCN.Cl. The van der Waals surface area contributed by atoms with Gasteiger partial charge >= 0.3 is 0 Å². The lowest BCUT2D eigenvalue weighted by molar-refractivity contribution is 0.848. The Kier molecular flexibility index (Phi) is 10.1. The monoisotopic (exact) mass is 155 g/mol. The number of hydrogen-bond acceptors (Lipinski definition) is 1. The lowest BCUT2D eigenvalue weighted by atomic mass is 10.3. The van der Waals surface area contributed by atoms with Gasteiger partial charge in [-0.3, -0.25) is 0 Å². The van der Waals surface area contributed by atoms with Crippen molar-refractivity contribution in [1.29, 1.82) is 0 Å². The van der Waals surface area contributed by atoms with E-state index < -0.39 is 0 Å². The maximum Gasteiger partial charge on any atom is 0.0109 e. The van der Waals surface area contributed by atoms with Gasteiger partial charge < -0.3 is 5.73 Å². The molecule has 0 heterocycles. The van der Waals surface area contributed by atoms with Crippen LogP contribution in [-0.4, -0.2) is 6.54 Å². The van der Waals surface area contributed by atoms with Crippen molar-refractivity contribution in [2.75, 3.05) is 6.54 Å². The molecule has 0 saturated heterocycles. The number of halogens is 2. The molecule has 0 bridgehead atoms. The molecule has 3 heteroatoms. The second-order valence-electron chi connectivity index (χ2n) is 1.41. The first-order chi connectivity index (χ1) is 3.27. The van der Waals surface area contributed by atoms with E-state index in [4.69, 9.17) is 17.3 Å². The van der Waals surface area contributed by atoms with Gasteiger partial charge in [-0.25, -0.2) is 0 Å². The van der Waals surface area contributed by atoms with Crippen LogP contribution >= 0.6 is 24.0 Å². The second kappa shape index (κ2) is 7.28. The van der Waals surface area contributed by atoms with E-state index in [1.807, 2.05) is 0 Å². The Hall–Kier alpha value is 0.280. The molecule has 0 fully saturated rings. The fourth-order valence-electron chi connectivity index (χ4n) is 0.294. The molecule has 0 saturated carbocycles. The molecule has 0 spiro atoms. The number of nitrogens with two attached hydrogens (primary N) is 1. The van der Waals surface area contributed by atoms with Crippen molar-refractivity contribution in [3.05, 3.63) is 11.6 Å². The largest absolute Gasteiger partial charge is 0.330 e. The fraction of sp³-hybridized carbons (Fsp3) is 0.600. The molecule has 0 aliphatic heterocycles. The third kappa shape index (κ3) is 9.56. The van der Waals surface area contributed by atoms with E-state index in [0.717, 1.165) is 12.8 Å². The van der Waals surface area contributed by atoms with Gasteiger partial charge in [0.25, 0.3) is 0 Å². The Morgan fingerprint density at radius 2 is 2.12 bits per heavy atom. The lowest BCUT2D eigenvalue weighted by Crippen LogP contribution is -1.96. The van der Waals surface area contributed by atoms with Crippen LogP contribution < -0.4 is 5.73 Å². The molecule has 0 aromatic heterocycles. The maximum atomic E-state index is 5.41. The molecule has 2 N–H and O–H groups in total. The summed E-state index contributed by atoms with van der Waals surface area (Å²) in [4.78, 5) is 0. The molecule has 0 aromatic carbocycles. The van der Waals surface area contributed by atoms with Crippen LogP contribution in [0.25, 0.3) is 0 Å². The van der Waals surface area contributed by atoms with Crippen LogP contribution in [0.15, 0.2) is 11.6 Å². The second-order valence-corrected chi connectivity index (χ2v) is 1.94. The van der Waals surface area contributed by atoms with E-state index in [0.29, 0.717) is 11.6 Å². The molecule has 0 unspecified atom stereocenters. The van der Waals surface area contributed by atoms with Gasteiger partial charge in [0.05, 0.1) is 0 Å². The van der Waals surface area contributed by atoms with E-state index in [9.17, 15) is 0 Å². The summed E-state index contributed by atoms with van der Waals surface area (Å²) in [6.07, 6.45) is 1.79. The summed E-state index contributed by atoms with van der Waals surface area (Å²) < 4.78 is 0. The zero-order valence-electron chi connectivity index (χ0n) is 4.69. The van der Waals surface area contributed by atoms with E-state index in [1.54, 1.807) is 0 Å². The third-order valence-electron chi connectivity index (χ3n) is 0.652. The Morgan fingerprint density at radius 1 is 1.62 bits per heavy atom. The van der Waals surface area contributed by atoms with Gasteiger partial charge in [0.15, 0.2) is 0 Å². The number of hydrogen-bond donors (Lipinski definition) is 1. The van der Waals surface area contributed by atoms with Gasteiger partial charge in [0.2, 0.25) is 0 Å². The molecule has 8 heavy (non-hydrogen) atoms. The highest BCUT2D eigenvalue weighted by Gasteiger charge is 1.83. The average molecular weight is 156 g/mol. The standard InChI is InChI=1S/C5H10ClN.ClH/c1-5(6)3-2-4-7;/h1-4,7H2;1H. The molecule has 0 aromatic rings. The summed E-state index contributed by atoms with van der Waals surface area (Å²) in [5.74, 6) is 0. The smallest absolute Gasteiger partial charge is 0.0109 e. The first-order valence-corrected chi connectivity index (χ1v) is 2.68. The van der Waals surface area contributed by atoms with Gasteiger partial charge in [-0.1, -0.05) is 18.2 Å². The highest BCUT2D eigenvalue weighted by Crippen LogP contribution is 2.03. The Balaban J connectivity index is 0. The zero-order chi connectivity index (χ0) is 5.70. The molecular formula is C5H11Cl2N. The summed E-state index contributed by atoms with van der Waals surface area (Å²) in [5.41, 5.74) is 5.18. The van der Waals surface area contributed by atoms with Crippen LogP contribution in [0.4, 0.5) is 0 Å². The van der Waals surface area contributed by atoms with Crippen molar-refractivity contribution in [2.45, 2.75) is 12.8 Å². The summed E-state index contributed by atoms with van der Waals surface area (Å²) >= 11 is 5.41. The minimum Gasteiger partial charge on any atom is -0.330 e. The van der Waals surface area contributed by atoms with E-state index in [-0.39, 0.29) is 12.4 Å². The highest BCUT2D eigenvalue weighted by atomic mass is 35.5. The van der Waals surface area contributed by atoms with Crippen LogP contribution in [0.2, 0.25) is 0 Å². The number of rotatable bonds is 3. The minimum absolute atomic E-state index is 0. The predicted octanol–water partition coefficient (Wildman–Crippen LogP) is 1.90. The normalized spacial score (nSPS) is 7.75. The molecule has 0 aliphatic carbocycles. The molecule has 0 rings (SSSR count). The predicted molar refractivity (Wildman–Crippen MR) is 40.5 cm³/mol. The first-order valence-electron chi connectivity index (χ1n) is 2.30. The topological polar surface area (TPSA) is 26.0 Å². The zero-order valence-corrected chi connectivity index (χ0v) is 6.26. The van der Waals surface area contributed by atoms with Crippen LogP contribution in [0, 0.1) is 0 Å². The van der Waals surface area contributed by atoms with Crippen molar-refractivity contribution in [3.8, 4) is 0 Å². The van der Waals surface area contributed by atoms with Gasteiger partial charge in [0.1, 0.15) is 0 Å². The Bertz CT molecular complexity index is 63.4. The fourth-order valence-corrected chi connectivity index (χ4v) is 0.428. The summed E-state index contributed by atoms with van der Waals surface area (Å²) in [6.45, 7) is 4.20. The van der Waals surface area contributed by atoms with Crippen LogP contribution in [0.5, 0.6) is 0 Å². The van der Waals surface area contributed by atoms with Gasteiger partial charge in [-0.2, -0.15) is 0 Å². The summed E-state index contributed by atoms with van der Waals surface area (Å²) in [7, 11) is 0. The molecular weight excluding hydrogens is 145 g/mol. The third-order valence-corrected chi connectivity index (χ3v) is 0.841. The van der Waals surface area contributed by atoms with E-state index in [1.165, 1.54) is 0 Å². The molecule has 0 amide bonds. The molecule has 0 atom stereocenters. The summed E-state index contributed by atoms with van der Waals surface area (Å²) in [6, 6.07) is 0. The summed E-state index contributed by atoms with van der Waals surface area (Å²) in [5, 5.41) is 0.699. The molecule has 0 aliphatic rings. The van der Waals surface area contributed by atoms with E-state index in [2.05, 4.69) is 6.58 Å². The minimum atomic E-state index is 0. The van der Waals surface area contributed by atoms with Crippen molar-refractivity contribution in [1.82, 2.24) is 0 Å². The van der Waals surface area contributed by atoms with Crippen molar-refractivity contribution in [2.24, 2.45) is 5.73 Å². The average Bonchev–Trinajstić information content (AvgIpc) is 1.61.